The second-order valence-corrected chi connectivity index (χ2v) is 5.74. The second kappa shape index (κ2) is 5.28. The summed E-state index contributed by atoms with van der Waals surface area (Å²) in [6, 6.07) is 0.551. The Balaban J connectivity index is 2.29. The van der Waals surface area contributed by atoms with Crippen molar-refractivity contribution in [2.24, 2.45) is 5.41 Å². The van der Waals surface area contributed by atoms with E-state index < -0.39 is 0 Å². The third kappa shape index (κ3) is 4.09. The number of aliphatic hydroxyl groups is 1. The van der Waals surface area contributed by atoms with Gasteiger partial charge >= 0.3 is 0 Å². The largest absolute Gasteiger partial charge is 0.392 e. The van der Waals surface area contributed by atoms with Gasteiger partial charge in [0.05, 0.1) is 6.10 Å². The highest BCUT2D eigenvalue weighted by atomic mass is 16.3. The molecule has 2 atom stereocenters. The van der Waals surface area contributed by atoms with E-state index in [9.17, 15) is 5.11 Å². The molecule has 0 radical (unpaired) electrons. The summed E-state index contributed by atoms with van der Waals surface area (Å²) in [6.45, 7) is 9.83. The van der Waals surface area contributed by atoms with E-state index >= 15 is 0 Å². The van der Waals surface area contributed by atoms with E-state index in [2.05, 4.69) is 31.0 Å². The summed E-state index contributed by atoms with van der Waals surface area (Å²) < 4.78 is 0. The van der Waals surface area contributed by atoms with E-state index in [1.165, 1.54) is 0 Å². The molecule has 1 rings (SSSR count). The zero-order valence-corrected chi connectivity index (χ0v) is 10.6. The van der Waals surface area contributed by atoms with Crippen molar-refractivity contribution in [3.8, 4) is 0 Å². The van der Waals surface area contributed by atoms with Crippen molar-refractivity contribution in [3.05, 3.63) is 0 Å². The van der Waals surface area contributed by atoms with Crippen LogP contribution < -0.4 is 5.32 Å². The molecular formula is C12H26N2O. The molecule has 0 aromatic carbocycles. The molecule has 1 saturated heterocycles. The summed E-state index contributed by atoms with van der Waals surface area (Å²) in [5, 5.41) is 12.8. The highest BCUT2D eigenvalue weighted by Crippen LogP contribution is 2.22. The van der Waals surface area contributed by atoms with Crippen LogP contribution in [0, 0.1) is 5.41 Å². The Morgan fingerprint density at radius 2 is 2.13 bits per heavy atom. The van der Waals surface area contributed by atoms with Gasteiger partial charge in [0.15, 0.2) is 0 Å². The molecule has 0 aliphatic carbocycles. The van der Waals surface area contributed by atoms with Gasteiger partial charge in [0.1, 0.15) is 0 Å². The number of nitrogens with zero attached hydrogens (tertiary/aromatic N) is 1. The summed E-state index contributed by atoms with van der Waals surface area (Å²) >= 11 is 0. The molecule has 0 saturated carbocycles. The number of β-amino-alcohol motifs (C(OH)–C–C–N with tert-alkyl or cyclic N) is 1. The fourth-order valence-electron chi connectivity index (χ4n) is 2.34. The highest BCUT2D eigenvalue weighted by Gasteiger charge is 2.25. The Kier molecular flexibility index (Phi) is 4.56. The maximum atomic E-state index is 9.42. The van der Waals surface area contributed by atoms with Crippen LogP contribution in [0.2, 0.25) is 0 Å². The standard InChI is InChI=1S/C12H26N2O/c1-12(2,3)11(13-4)6-8-14-7-5-10(15)9-14/h10-11,13,15H,5-9H2,1-4H3. The van der Waals surface area contributed by atoms with E-state index in [-0.39, 0.29) is 6.10 Å². The molecule has 3 nitrogen and oxygen atoms in total. The molecule has 15 heavy (non-hydrogen) atoms. The summed E-state index contributed by atoms with van der Waals surface area (Å²) in [5.74, 6) is 0. The first-order valence-electron chi connectivity index (χ1n) is 6.01. The summed E-state index contributed by atoms with van der Waals surface area (Å²) in [7, 11) is 2.04. The molecule has 0 aromatic heterocycles. The van der Waals surface area contributed by atoms with Gasteiger partial charge in [0, 0.05) is 19.1 Å². The zero-order chi connectivity index (χ0) is 11.5. The van der Waals surface area contributed by atoms with Crippen molar-refractivity contribution in [1.82, 2.24) is 10.2 Å². The quantitative estimate of drug-likeness (QED) is 0.735. The van der Waals surface area contributed by atoms with Gasteiger partial charge in [-0.05, 0) is 31.8 Å². The minimum absolute atomic E-state index is 0.0901. The lowest BCUT2D eigenvalue weighted by Crippen LogP contribution is -2.40. The van der Waals surface area contributed by atoms with Crippen LogP contribution in [-0.2, 0) is 0 Å². The van der Waals surface area contributed by atoms with Crippen molar-refractivity contribution in [2.75, 3.05) is 26.7 Å². The van der Waals surface area contributed by atoms with E-state index in [1.54, 1.807) is 0 Å². The van der Waals surface area contributed by atoms with Gasteiger partial charge in [0.2, 0.25) is 0 Å². The van der Waals surface area contributed by atoms with Gasteiger partial charge < -0.3 is 15.3 Å². The molecule has 0 spiro atoms. The third-order valence-corrected chi connectivity index (χ3v) is 3.38. The van der Waals surface area contributed by atoms with Crippen LogP contribution in [0.5, 0.6) is 0 Å². The van der Waals surface area contributed by atoms with Crippen LogP contribution in [0.4, 0.5) is 0 Å². The van der Waals surface area contributed by atoms with Crippen LogP contribution >= 0.6 is 0 Å². The fourth-order valence-corrected chi connectivity index (χ4v) is 2.34. The normalized spacial score (nSPS) is 25.8. The number of rotatable bonds is 4. The van der Waals surface area contributed by atoms with Crippen LogP contribution in [0.3, 0.4) is 0 Å². The van der Waals surface area contributed by atoms with Crippen LogP contribution in [0.1, 0.15) is 33.6 Å². The van der Waals surface area contributed by atoms with E-state index in [0.29, 0.717) is 11.5 Å². The molecule has 0 amide bonds. The van der Waals surface area contributed by atoms with Crippen molar-refractivity contribution in [3.63, 3.8) is 0 Å². The number of nitrogens with one attached hydrogen (secondary N) is 1. The van der Waals surface area contributed by atoms with Gasteiger partial charge in [0.25, 0.3) is 0 Å². The molecule has 1 aliphatic rings. The molecule has 2 N–H and O–H groups in total. The Morgan fingerprint density at radius 1 is 1.47 bits per heavy atom. The first kappa shape index (κ1) is 12.9. The molecule has 90 valence electrons. The molecule has 2 unspecified atom stereocenters. The summed E-state index contributed by atoms with van der Waals surface area (Å²) in [4.78, 5) is 2.36. The number of hydrogen-bond donors (Lipinski definition) is 2. The lowest BCUT2D eigenvalue weighted by molar-refractivity contribution is 0.169. The van der Waals surface area contributed by atoms with Crippen LogP contribution in [0.25, 0.3) is 0 Å². The molecule has 0 aromatic rings. The van der Waals surface area contributed by atoms with Gasteiger partial charge in [-0.25, -0.2) is 0 Å². The second-order valence-electron chi connectivity index (χ2n) is 5.74. The van der Waals surface area contributed by atoms with Crippen molar-refractivity contribution < 1.29 is 5.11 Å². The summed E-state index contributed by atoms with van der Waals surface area (Å²) in [5.41, 5.74) is 0.313. The maximum absolute atomic E-state index is 9.42. The van der Waals surface area contributed by atoms with Gasteiger partial charge in [-0.3, -0.25) is 0 Å². The predicted molar refractivity (Wildman–Crippen MR) is 64.0 cm³/mol. The number of hydrogen-bond acceptors (Lipinski definition) is 3. The smallest absolute Gasteiger partial charge is 0.0679 e. The minimum atomic E-state index is -0.0901. The van der Waals surface area contributed by atoms with Crippen LogP contribution in [0.15, 0.2) is 0 Å². The van der Waals surface area contributed by atoms with Crippen LogP contribution in [-0.4, -0.2) is 48.8 Å². The molecule has 1 fully saturated rings. The van der Waals surface area contributed by atoms with Gasteiger partial charge in [-0.2, -0.15) is 0 Å². The fraction of sp³-hybridized carbons (Fsp3) is 1.00. The monoisotopic (exact) mass is 214 g/mol. The maximum Gasteiger partial charge on any atom is 0.0679 e. The van der Waals surface area contributed by atoms with E-state index in [0.717, 1.165) is 32.5 Å². The number of likely N-dealkylation sites (tertiary alicyclic amines) is 1. The Labute approximate surface area is 93.9 Å². The molecule has 1 heterocycles. The topological polar surface area (TPSA) is 35.5 Å². The molecule has 3 heteroatoms. The van der Waals surface area contributed by atoms with Crippen molar-refractivity contribution in [2.45, 2.75) is 45.8 Å². The molecule has 1 aliphatic heterocycles. The first-order valence-corrected chi connectivity index (χ1v) is 6.01. The summed E-state index contributed by atoms with van der Waals surface area (Å²) in [6.07, 6.45) is 2.01. The van der Waals surface area contributed by atoms with Gasteiger partial charge in [-0.1, -0.05) is 20.8 Å². The van der Waals surface area contributed by atoms with Gasteiger partial charge in [-0.15, -0.1) is 0 Å². The Morgan fingerprint density at radius 3 is 2.53 bits per heavy atom. The van der Waals surface area contributed by atoms with Crippen molar-refractivity contribution >= 4 is 0 Å². The Bertz CT molecular complexity index is 189. The lowest BCUT2D eigenvalue weighted by Gasteiger charge is -2.31. The average molecular weight is 214 g/mol. The SMILES string of the molecule is CNC(CCN1CCC(O)C1)C(C)(C)C. The lowest BCUT2D eigenvalue weighted by atomic mass is 9.85. The molecule has 0 bridgehead atoms. The van der Waals surface area contributed by atoms with E-state index in [4.69, 9.17) is 0 Å². The molecular weight excluding hydrogens is 188 g/mol. The number of aliphatic hydroxyl groups excluding tert-OH is 1. The average Bonchev–Trinajstić information content (AvgIpc) is 2.50. The third-order valence-electron chi connectivity index (χ3n) is 3.38. The first-order chi connectivity index (χ1) is 6.93. The Hall–Kier alpha value is -0.120. The highest BCUT2D eigenvalue weighted by molar-refractivity contribution is 4.82. The van der Waals surface area contributed by atoms with E-state index in [1.807, 2.05) is 7.05 Å². The minimum Gasteiger partial charge on any atom is -0.392 e. The predicted octanol–water partition coefficient (Wildman–Crippen LogP) is 1.08. The zero-order valence-electron chi connectivity index (χ0n) is 10.6. The van der Waals surface area contributed by atoms with Crippen molar-refractivity contribution in [1.29, 1.82) is 0 Å².